The minimum absolute atomic E-state index is 0.527. The molecule has 0 spiro atoms. The maximum atomic E-state index is 10.4. The molecule has 1 N–H and O–H groups in total. The van der Waals surface area contributed by atoms with E-state index in [0.717, 1.165) is 19.2 Å². The first kappa shape index (κ1) is 14.2. The summed E-state index contributed by atoms with van der Waals surface area (Å²) in [4.78, 5) is 1.05. The largest absolute Gasteiger partial charge is 0.486 e. The first-order chi connectivity index (χ1) is 9.63. The van der Waals surface area contributed by atoms with Gasteiger partial charge in [0.25, 0.3) is 0 Å². The van der Waals surface area contributed by atoms with E-state index in [2.05, 4.69) is 15.9 Å². The molecule has 3 nitrogen and oxygen atoms in total. The van der Waals surface area contributed by atoms with E-state index in [0.29, 0.717) is 31.1 Å². The average Bonchev–Trinajstić information content (AvgIpc) is 2.84. The van der Waals surface area contributed by atoms with Gasteiger partial charge in [-0.25, -0.2) is 0 Å². The van der Waals surface area contributed by atoms with E-state index in [-0.39, 0.29) is 0 Å². The fourth-order valence-electron chi connectivity index (χ4n) is 2.09. The SMILES string of the molecule is OC(Cc1ccc(Cl)s1)c1cc(Br)c2c(c1)OCCO2. The van der Waals surface area contributed by atoms with Crippen molar-refractivity contribution in [1.82, 2.24) is 0 Å². The topological polar surface area (TPSA) is 38.7 Å². The van der Waals surface area contributed by atoms with Crippen LogP contribution in [0.5, 0.6) is 11.5 Å². The van der Waals surface area contributed by atoms with E-state index in [1.165, 1.54) is 11.3 Å². The summed E-state index contributed by atoms with van der Waals surface area (Å²) in [7, 11) is 0. The highest BCUT2D eigenvalue weighted by Gasteiger charge is 2.19. The smallest absolute Gasteiger partial charge is 0.175 e. The predicted molar refractivity (Wildman–Crippen MR) is 83.1 cm³/mol. The van der Waals surface area contributed by atoms with Crippen LogP contribution in [0.3, 0.4) is 0 Å². The third-order valence-corrected chi connectivity index (χ3v) is 4.87. The molecule has 2 heterocycles. The second-order valence-corrected chi connectivity index (χ2v) is 7.11. The number of hydrogen-bond donors (Lipinski definition) is 1. The Labute approximate surface area is 134 Å². The molecule has 3 rings (SSSR count). The molecule has 0 bridgehead atoms. The minimum Gasteiger partial charge on any atom is -0.486 e. The van der Waals surface area contributed by atoms with Crippen LogP contribution in [0, 0.1) is 0 Å². The van der Waals surface area contributed by atoms with Crippen molar-refractivity contribution >= 4 is 38.9 Å². The number of ether oxygens (including phenoxy) is 2. The molecule has 1 atom stereocenters. The van der Waals surface area contributed by atoms with Crippen molar-refractivity contribution in [2.45, 2.75) is 12.5 Å². The molecule has 0 saturated heterocycles. The highest BCUT2D eigenvalue weighted by atomic mass is 79.9. The van der Waals surface area contributed by atoms with Gasteiger partial charge in [-0.05, 0) is 45.8 Å². The first-order valence-electron chi connectivity index (χ1n) is 6.15. The minimum atomic E-state index is -0.600. The molecule has 1 aliphatic rings. The Balaban J connectivity index is 1.84. The summed E-state index contributed by atoms with van der Waals surface area (Å²) in [6, 6.07) is 7.48. The van der Waals surface area contributed by atoms with Crippen LogP contribution in [0.1, 0.15) is 16.5 Å². The van der Waals surface area contributed by atoms with Crippen LogP contribution in [0.15, 0.2) is 28.7 Å². The summed E-state index contributed by atoms with van der Waals surface area (Å²) in [6.45, 7) is 1.07. The van der Waals surface area contributed by atoms with Gasteiger partial charge in [-0.1, -0.05) is 11.6 Å². The lowest BCUT2D eigenvalue weighted by Crippen LogP contribution is -2.16. The third kappa shape index (κ3) is 2.96. The molecule has 20 heavy (non-hydrogen) atoms. The molecule has 1 aromatic carbocycles. The number of benzene rings is 1. The molecule has 0 aliphatic carbocycles. The molecular formula is C14H12BrClO3S. The molecule has 106 valence electrons. The first-order valence-corrected chi connectivity index (χ1v) is 8.13. The maximum Gasteiger partial charge on any atom is 0.175 e. The lowest BCUT2D eigenvalue weighted by Gasteiger charge is -2.21. The Bertz CT molecular complexity index is 629. The molecule has 0 fully saturated rings. The van der Waals surface area contributed by atoms with Crippen LogP contribution in [-0.4, -0.2) is 18.3 Å². The Hall–Kier alpha value is -0.750. The summed E-state index contributed by atoms with van der Waals surface area (Å²) in [5, 5.41) is 10.4. The van der Waals surface area contributed by atoms with Crippen LogP contribution >= 0.6 is 38.9 Å². The standard InChI is InChI=1S/C14H12BrClO3S/c15-10-5-8(6-12-14(10)19-4-3-18-12)11(17)7-9-1-2-13(16)20-9/h1-2,5-6,11,17H,3-4,7H2. The molecule has 0 saturated carbocycles. The molecule has 2 aromatic rings. The average molecular weight is 376 g/mol. The number of halogens is 2. The summed E-state index contributed by atoms with van der Waals surface area (Å²) in [5.74, 6) is 1.37. The van der Waals surface area contributed by atoms with Gasteiger partial charge in [0, 0.05) is 11.3 Å². The van der Waals surface area contributed by atoms with Gasteiger partial charge >= 0.3 is 0 Å². The summed E-state index contributed by atoms with van der Waals surface area (Å²) < 4.78 is 12.6. The van der Waals surface area contributed by atoms with E-state index in [1.54, 1.807) is 0 Å². The Morgan fingerprint density at radius 1 is 1.30 bits per heavy atom. The fraction of sp³-hybridized carbons (Fsp3) is 0.286. The highest BCUT2D eigenvalue weighted by molar-refractivity contribution is 9.10. The molecule has 1 aliphatic heterocycles. The second kappa shape index (κ2) is 5.93. The van der Waals surface area contributed by atoms with Crippen molar-refractivity contribution in [3.8, 4) is 11.5 Å². The zero-order valence-corrected chi connectivity index (χ0v) is 13.6. The van der Waals surface area contributed by atoms with Gasteiger partial charge in [0.05, 0.1) is 14.9 Å². The van der Waals surface area contributed by atoms with Gasteiger partial charge in [-0.2, -0.15) is 0 Å². The van der Waals surface area contributed by atoms with Crippen LogP contribution in [-0.2, 0) is 6.42 Å². The van der Waals surface area contributed by atoms with Gasteiger partial charge < -0.3 is 14.6 Å². The van der Waals surface area contributed by atoms with E-state index in [4.69, 9.17) is 21.1 Å². The van der Waals surface area contributed by atoms with Crippen LogP contribution in [0.2, 0.25) is 4.34 Å². The molecule has 1 aromatic heterocycles. The highest BCUT2D eigenvalue weighted by Crippen LogP contribution is 2.40. The summed E-state index contributed by atoms with van der Waals surface area (Å²) >= 11 is 10.8. The molecule has 6 heteroatoms. The van der Waals surface area contributed by atoms with Gasteiger partial charge in [0.15, 0.2) is 11.5 Å². The number of fused-ring (bicyclic) bond motifs is 1. The number of aliphatic hydroxyl groups excluding tert-OH is 1. The summed E-state index contributed by atoms with van der Waals surface area (Å²) in [6.07, 6.45) is -0.0689. The van der Waals surface area contributed by atoms with Crippen LogP contribution in [0.4, 0.5) is 0 Å². The molecule has 0 amide bonds. The Kier molecular flexibility index (Phi) is 4.21. The van der Waals surface area contributed by atoms with Crippen molar-refractivity contribution in [2.75, 3.05) is 13.2 Å². The fourth-order valence-corrected chi connectivity index (χ4v) is 3.79. The number of aliphatic hydroxyl groups is 1. The lowest BCUT2D eigenvalue weighted by molar-refractivity contribution is 0.163. The normalized spacial score (nSPS) is 15.2. The van der Waals surface area contributed by atoms with Crippen molar-refractivity contribution in [3.05, 3.63) is 43.5 Å². The van der Waals surface area contributed by atoms with E-state index in [9.17, 15) is 5.11 Å². The zero-order valence-electron chi connectivity index (χ0n) is 10.4. The van der Waals surface area contributed by atoms with E-state index < -0.39 is 6.10 Å². The van der Waals surface area contributed by atoms with Crippen molar-refractivity contribution in [1.29, 1.82) is 0 Å². The van der Waals surface area contributed by atoms with E-state index in [1.807, 2.05) is 24.3 Å². The predicted octanol–water partition coefficient (Wildman–Crippen LogP) is 4.21. The number of thiophene rings is 1. The van der Waals surface area contributed by atoms with E-state index >= 15 is 0 Å². The molecule has 0 radical (unpaired) electrons. The Morgan fingerprint density at radius 3 is 2.85 bits per heavy atom. The van der Waals surface area contributed by atoms with Crippen LogP contribution in [0.25, 0.3) is 0 Å². The van der Waals surface area contributed by atoms with Gasteiger partial charge in [0.1, 0.15) is 13.2 Å². The summed E-state index contributed by atoms with van der Waals surface area (Å²) in [5.41, 5.74) is 0.797. The third-order valence-electron chi connectivity index (χ3n) is 3.03. The van der Waals surface area contributed by atoms with Crippen molar-refractivity contribution < 1.29 is 14.6 Å². The van der Waals surface area contributed by atoms with Crippen molar-refractivity contribution in [2.24, 2.45) is 0 Å². The zero-order chi connectivity index (χ0) is 14.1. The van der Waals surface area contributed by atoms with Crippen molar-refractivity contribution in [3.63, 3.8) is 0 Å². The van der Waals surface area contributed by atoms with Crippen LogP contribution < -0.4 is 9.47 Å². The maximum absolute atomic E-state index is 10.4. The number of hydrogen-bond acceptors (Lipinski definition) is 4. The quantitative estimate of drug-likeness (QED) is 0.873. The lowest BCUT2D eigenvalue weighted by atomic mass is 10.0. The second-order valence-electron chi connectivity index (χ2n) is 4.45. The Morgan fingerprint density at radius 2 is 2.10 bits per heavy atom. The number of rotatable bonds is 3. The van der Waals surface area contributed by atoms with Gasteiger partial charge in [-0.3, -0.25) is 0 Å². The monoisotopic (exact) mass is 374 g/mol. The molecular weight excluding hydrogens is 364 g/mol. The van der Waals surface area contributed by atoms with Gasteiger partial charge in [0.2, 0.25) is 0 Å². The molecule has 1 unspecified atom stereocenters. The van der Waals surface area contributed by atoms with Gasteiger partial charge in [-0.15, -0.1) is 11.3 Å².